The number of carboxylic acids is 1. The number of nitrogens with one attached hydrogen (secondary N) is 1. The van der Waals surface area contributed by atoms with Gasteiger partial charge in [0.25, 0.3) is 5.91 Å². The van der Waals surface area contributed by atoms with Crippen LogP contribution >= 0.6 is 0 Å². The Labute approximate surface area is 258 Å². The summed E-state index contributed by atoms with van der Waals surface area (Å²) in [5.41, 5.74) is 0.674. The molecule has 0 bridgehead atoms. The molecule has 1 unspecified atom stereocenters. The maximum Gasteiger partial charge on any atom is 0.330 e. The second-order valence-corrected chi connectivity index (χ2v) is 15.2. The summed E-state index contributed by atoms with van der Waals surface area (Å²) < 4.78 is 59.8. The third-order valence-electron chi connectivity index (χ3n) is 7.96. The van der Waals surface area contributed by atoms with Crippen LogP contribution in [0.15, 0.2) is 82.6 Å². The van der Waals surface area contributed by atoms with Crippen molar-refractivity contribution in [2.75, 3.05) is 30.1 Å². The molecule has 0 spiro atoms. The Morgan fingerprint density at radius 3 is 2.25 bits per heavy atom. The lowest BCUT2D eigenvalue weighted by Gasteiger charge is -2.36. The summed E-state index contributed by atoms with van der Waals surface area (Å²) in [4.78, 5) is 26.2. The van der Waals surface area contributed by atoms with Crippen molar-refractivity contribution in [1.29, 1.82) is 0 Å². The number of hydrogen-bond acceptors (Lipinski definition) is 8. The number of benzene rings is 3. The Morgan fingerprint density at radius 1 is 1.05 bits per heavy atom. The van der Waals surface area contributed by atoms with Crippen LogP contribution in [-0.2, 0) is 29.3 Å². The molecule has 12 heteroatoms. The first-order valence-corrected chi connectivity index (χ1v) is 18.0. The van der Waals surface area contributed by atoms with Gasteiger partial charge in [-0.25, -0.2) is 21.6 Å². The lowest BCUT2D eigenvalue weighted by Crippen LogP contribution is -2.37. The summed E-state index contributed by atoms with van der Waals surface area (Å²) in [7, 11) is -7.92. The second kappa shape index (κ2) is 13.4. The lowest BCUT2D eigenvalue weighted by atomic mass is 9.81. The van der Waals surface area contributed by atoms with Crippen molar-refractivity contribution in [2.45, 2.75) is 55.4 Å². The first kappa shape index (κ1) is 33.0. The highest BCUT2D eigenvalue weighted by molar-refractivity contribution is 7.91. The van der Waals surface area contributed by atoms with Crippen molar-refractivity contribution >= 4 is 42.9 Å². The third kappa shape index (κ3) is 7.41. The van der Waals surface area contributed by atoms with Gasteiger partial charge >= 0.3 is 5.97 Å². The first-order chi connectivity index (χ1) is 20.8. The molecule has 4 rings (SSSR count). The predicted molar refractivity (Wildman–Crippen MR) is 168 cm³/mol. The molecular formula is C32H38N2O8S2. The number of anilines is 2. The summed E-state index contributed by atoms with van der Waals surface area (Å²) in [6.07, 6.45) is 3.97. The highest BCUT2D eigenvalue weighted by Crippen LogP contribution is 2.46. The number of aliphatic carboxylic acids is 1. The quantitative estimate of drug-likeness (QED) is 0.281. The van der Waals surface area contributed by atoms with Crippen molar-refractivity contribution in [3.8, 4) is 5.75 Å². The summed E-state index contributed by atoms with van der Waals surface area (Å²) in [5.74, 6) is -2.56. The number of nitrogens with zero attached hydrogens (tertiary/aromatic N) is 1. The highest BCUT2D eigenvalue weighted by Gasteiger charge is 2.42. The van der Waals surface area contributed by atoms with Crippen LogP contribution in [0.25, 0.3) is 0 Å². The minimum Gasteiger partial charge on any atom is -0.482 e. The number of carboxylic acid groups (broad SMARTS) is 1. The summed E-state index contributed by atoms with van der Waals surface area (Å²) >= 11 is 0. The molecule has 1 amide bonds. The van der Waals surface area contributed by atoms with E-state index in [2.05, 4.69) is 12.2 Å². The van der Waals surface area contributed by atoms with Crippen molar-refractivity contribution in [3.63, 3.8) is 0 Å². The zero-order valence-electron chi connectivity index (χ0n) is 25.0. The van der Waals surface area contributed by atoms with Gasteiger partial charge in [0.2, 0.25) is 0 Å². The van der Waals surface area contributed by atoms with E-state index in [4.69, 9.17) is 4.74 Å². The molecule has 1 aliphatic rings. The van der Waals surface area contributed by atoms with E-state index in [1.807, 2.05) is 42.2 Å². The maximum atomic E-state index is 14.1. The van der Waals surface area contributed by atoms with Gasteiger partial charge in [-0.2, -0.15) is 0 Å². The number of carbonyl (C=O) groups excluding carboxylic acids is 1. The molecule has 0 saturated heterocycles. The molecule has 44 heavy (non-hydrogen) atoms. The number of para-hydroxylation sites is 1. The van der Waals surface area contributed by atoms with Gasteiger partial charge in [-0.15, -0.1) is 0 Å². The van der Waals surface area contributed by atoms with E-state index >= 15 is 0 Å². The van der Waals surface area contributed by atoms with Gasteiger partial charge in [0.15, 0.2) is 32.3 Å². The number of carbonyl (C=O) groups is 2. The molecule has 2 N–H and O–H groups in total. The van der Waals surface area contributed by atoms with E-state index in [1.54, 1.807) is 30.3 Å². The standard InChI is InChI=1S/C32H38N2O8S2/c1-4-6-17-32(5-2)21-34(24-15-11-8-12-16-24)25-18-28(43(3,38)39)26(19-27(25)44(40,41)22-32)42-20-29(35)33-30(31(36)37)23-13-9-7-10-14-23/h7-16,18-19,30H,4-6,17,20-22H2,1-3H3,(H,33,35)(H,36,37)/t30-,32?/m1/s1. The zero-order chi connectivity index (χ0) is 32.1. The van der Waals surface area contributed by atoms with Gasteiger partial charge in [0, 0.05) is 30.0 Å². The van der Waals surface area contributed by atoms with Crippen LogP contribution in [0.3, 0.4) is 0 Å². The smallest absolute Gasteiger partial charge is 0.330 e. The zero-order valence-corrected chi connectivity index (χ0v) is 26.7. The molecule has 3 aromatic carbocycles. The van der Waals surface area contributed by atoms with Gasteiger partial charge in [0.05, 0.1) is 16.3 Å². The third-order valence-corrected chi connectivity index (χ3v) is 11.1. The Hall–Kier alpha value is -3.90. The number of fused-ring (bicyclic) bond motifs is 1. The van der Waals surface area contributed by atoms with E-state index in [0.717, 1.165) is 19.1 Å². The Morgan fingerprint density at radius 2 is 1.68 bits per heavy atom. The van der Waals surface area contributed by atoms with Crippen molar-refractivity contribution in [2.24, 2.45) is 5.41 Å². The number of ether oxygens (including phenoxy) is 1. The molecule has 0 radical (unpaired) electrons. The van der Waals surface area contributed by atoms with Crippen LogP contribution in [0.1, 0.15) is 51.1 Å². The molecule has 0 aliphatic carbocycles. The highest BCUT2D eigenvalue weighted by atomic mass is 32.2. The number of unbranched alkanes of at least 4 members (excludes halogenated alkanes) is 1. The topological polar surface area (TPSA) is 147 Å². The average Bonchev–Trinajstić information content (AvgIpc) is 3.09. The fourth-order valence-corrected chi connectivity index (χ4v) is 8.54. The fraction of sp³-hybridized carbons (Fsp3) is 0.375. The average molecular weight is 643 g/mol. The molecule has 0 aromatic heterocycles. The van der Waals surface area contributed by atoms with Crippen LogP contribution in [0, 0.1) is 5.41 Å². The van der Waals surface area contributed by atoms with Gasteiger partial charge in [-0.1, -0.05) is 75.2 Å². The summed E-state index contributed by atoms with van der Waals surface area (Å²) in [6, 6.07) is 18.4. The minimum absolute atomic E-state index is 0.0938. The van der Waals surface area contributed by atoms with Gasteiger partial charge in [-0.3, -0.25) is 4.79 Å². The molecule has 0 saturated carbocycles. The largest absolute Gasteiger partial charge is 0.482 e. The maximum absolute atomic E-state index is 14.1. The predicted octanol–water partition coefficient (Wildman–Crippen LogP) is 4.92. The summed E-state index contributed by atoms with van der Waals surface area (Å²) in [6.45, 7) is 3.64. The normalized spacial score (nSPS) is 18.5. The number of sulfone groups is 2. The van der Waals surface area contributed by atoms with Gasteiger partial charge in [0.1, 0.15) is 10.6 Å². The first-order valence-electron chi connectivity index (χ1n) is 14.4. The summed E-state index contributed by atoms with van der Waals surface area (Å²) in [5, 5.41) is 12.0. The van der Waals surface area contributed by atoms with Crippen molar-refractivity contribution in [3.05, 3.63) is 78.4 Å². The molecule has 1 heterocycles. The van der Waals surface area contributed by atoms with Crippen LogP contribution in [0.5, 0.6) is 5.75 Å². The van der Waals surface area contributed by atoms with Crippen molar-refractivity contribution < 1.29 is 36.3 Å². The molecular weight excluding hydrogens is 604 g/mol. The van der Waals surface area contributed by atoms with Crippen LogP contribution in [0.2, 0.25) is 0 Å². The van der Waals surface area contributed by atoms with Gasteiger partial charge in [-0.05, 0) is 36.6 Å². The van der Waals surface area contributed by atoms with Gasteiger partial charge < -0.3 is 20.1 Å². The number of rotatable bonds is 12. The molecule has 2 atom stereocenters. The monoisotopic (exact) mass is 642 g/mol. The Kier molecular flexibility index (Phi) is 10.0. The molecule has 0 fully saturated rings. The fourth-order valence-electron chi connectivity index (χ4n) is 5.55. The second-order valence-electron chi connectivity index (χ2n) is 11.2. The van der Waals surface area contributed by atoms with E-state index in [0.29, 0.717) is 30.6 Å². The molecule has 1 aliphatic heterocycles. The van der Waals surface area contributed by atoms with E-state index in [-0.39, 0.29) is 27.0 Å². The number of hydrogen-bond donors (Lipinski definition) is 2. The Balaban J connectivity index is 1.78. The molecule has 236 valence electrons. The molecule has 10 nitrogen and oxygen atoms in total. The minimum atomic E-state index is -3.97. The SMILES string of the molecule is CCCCC1(CC)CN(c2ccccc2)c2cc(S(C)(=O)=O)c(OCC(=O)N[C@@H](C(=O)O)c3ccccc3)cc2S(=O)(=O)C1. The number of amides is 1. The lowest BCUT2D eigenvalue weighted by molar-refractivity contribution is -0.142. The van der Waals surface area contributed by atoms with Crippen LogP contribution in [-0.4, -0.2) is 59.0 Å². The Bertz CT molecular complexity index is 1710. The van der Waals surface area contributed by atoms with Crippen LogP contribution in [0.4, 0.5) is 11.4 Å². The van der Waals surface area contributed by atoms with E-state index in [1.165, 1.54) is 12.1 Å². The van der Waals surface area contributed by atoms with Crippen LogP contribution < -0.4 is 15.0 Å². The van der Waals surface area contributed by atoms with Crippen molar-refractivity contribution in [1.82, 2.24) is 5.32 Å². The van der Waals surface area contributed by atoms with E-state index in [9.17, 15) is 31.5 Å². The molecule has 3 aromatic rings. The van der Waals surface area contributed by atoms with E-state index < -0.39 is 49.6 Å².